The molecule has 0 spiro atoms. The van der Waals surface area contributed by atoms with Crippen LogP contribution in [0.25, 0.3) is 0 Å². The molecule has 0 bridgehead atoms. The third-order valence-electron chi connectivity index (χ3n) is 4.04. The molecule has 2 aromatic rings. The fourth-order valence-corrected chi connectivity index (χ4v) is 3.67. The zero-order valence-corrected chi connectivity index (χ0v) is 13.3. The van der Waals surface area contributed by atoms with Gasteiger partial charge in [0.2, 0.25) is 0 Å². The quantitative estimate of drug-likeness (QED) is 0.835. The van der Waals surface area contributed by atoms with Crippen LogP contribution in [0.4, 0.5) is 0 Å². The average molecular weight is 299 g/mol. The number of ether oxygens (including phenoxy) is 1. The number of hydrogen-bond donors (Lipinski definition) is 1. The molecule has 21 heavy (non-hydrogen) atoms. The van der Waals surface area contributed by atoms with Gasteiger partial charge in [-0.05, 0) is 37.7 Å². The summed E-state index contributed by atoms with van der Waals surface area (Å²) in [5.41, 5.74) is 2.69. The second-order valence-corrected chi connectivity index (χ2v) is 6.53. The van der Waals surface area contributed by atoms with Gasteiger partial charge in [0, 0.05) is 28.2 Å². The molecule has 110 valence electrons. The van der Waals surface area contributed by atoms with Crippen molar-refractivity contribution in [2.24, 2.45) is 0 Å². The molecule has 1 aliphatic heterocycles. The van der Waals surface area contributed by atoms with Crippen LogP contribution in [0, 0.1) is 0 Å². The summed E-state index contributed by atoms with van der Waals surface area (Å²) in [6, 6.07) is 17.6. The number of nitrogens with one attached hydrogen (secondary N) is 1. The molecule has 0 aromatic heterocycles. The molecule has 0 saturated heterocycles. The number of hydrogen-bond acceptors (Lipinski definition) is 3. The van der Waals surface area contributed by atoms with E-state index in [9.17, 15) is 0 Å². The van der Waals surface area contributed by atoms with Crippen LogP contribution in [-0.2, 0) is 0 Å². The highest BCUT2D eigenvalue weighted by Gasteiger charge is 2.23. The van der Waals surface area contributed by atoms with E-state index in [0.717, 1.165) is 18.1 Å². The van der Waals surface area contributed by atoms with Gasteiger partial charge < -0.3 is 10.1 Å². The van der Waals surface area contributed by atoms with Crippen molar-refractivity contribution < 1.29 is 4.74 Å². The van der Waals surface area contributed by atoms with Crippen LogP contribution in [0.15, 0.2) is 53.4 Å². The molecule has 2 unspecified atom stereocenters. The van der Waals surface area contributed by atoms with Crippen molar-refractivity contribution in [1.29, 1.82) is 0 Å². The van der Waals surface area contributed by atoms with Crippen molar-refractivity contribution in [3.63, 3.8) is 0 Å². The zero-order valence-electron chi connectivity index (χ0n) is 12.5. The van der Waals surface area contributed by atoms with E-state index in [1.165, 1.54) is 16.0 Å². The van der Waals surface area contributed by atoms with E-state index in [-0.39, 0.29) is 0 Å². The Hall–Kier alpha value is -1.45. The number of benzene rings is 2. The van der Waals surface area contributed by atoms with Gasteiger partial charge in [0.05, 0.1) is 6.61 Å². The largest absolute Gasteiger partial charge is 0.493 e. The third kappa shape index (κ3) is 3.25. The smallest absolute Gasteiger partial charge is 0.122 e. The lowest BCUT2D eigenvalue weighted by Crippen LogP contribution is -2.12. The van der Waals surface area contributed by atoms with Gasteiger partial charge in [-0.1, -0.05) is 30.3 Å². The molecule has 0 saturated carbocycles. The van der Waals surface area contributed by atoms with Gasteiger partial charge >= 0.3 is 0 Å². The van der Waals surface area contributed by atoms with Crippen molar-refractivity contribution in [3.05, 3.63) is 59.7 Å². The number of fused-ring (bicyclic) bond motifs is 1. The summed E-state index contributed by atoms with van der Waals surface area (Å²) >= 11 is 1.92. The topological polar surface area (TPSA) is 21.3 Å². The van der Waals surface area contributed by atoms with Crippen LogP contribution in [0.5, 0.6) is 5.75 Å². The summed E-state index contributed by atoms with van der Waals surface area (Å²) in [5, 5.41) is 3.29. The van der Waals surface area contributed by atoms with Crippen molar-refractivity contribution >= 4 is 11.8 Å². The minimum Gasteiger partial charge on any atom is -0.493 e. The maximum atomic E-state index is 5.76. The fourth-order valence-electron chi connectivity index (χ4n) is 2.60. The Labute approximate surface area is 130 Å². The Morgan fingerprint density at radius 1 is 1.24 bits per heavy atom. The lowest BCUT2D eigenvalue weighted by molar-refractivity contribution is 0.339. The minimum absolute atomic E-state index is 0.390. The first-order valence-corrected chi connectivity index (χ1v) is 8.38. The van der Waals surface area contributed by atoms with Gasteiger partial charge in [-0.25, -0.2) is 0 Å². The molecule has 0 radical (unpaired) electrons. The van der Waals surface area contributed by atoms with E-state index in [1.807, 2.05) is 24.9 Å². The molecule has 1 N–H and O–H groups in total. The van der Waals surface area contributed by atoms with E-state index in [4.69, 9.17) is 4.74 Å². The van der Waals surface area contributed by atoms with Crippen LogP contribution in [-0.4, -0.2) is 19.4 Å². The van der Waals surface area contributed by atoms with Gasteiger partial charge in [-0.15, -0.1) is 11.8 Å². The summed E-state index contributed by atoms with van der Waals surface area (Å²) in [6.07, 6.45) is 0. The Kier molecular flexibility index (Phi) is 4.51. The van der Waals surface area contributed by atoms with Crippen molar-refractivity contribution in [3.8, 4) is 5.75 Å². The lowest BCUT2D eigenvalue weighted by atomic mass is 10.0. The SMILES string of the molecule is CNC(C)c1cccc(SCC2COc3ccccc32)c1. The van der Waals surface area contributed by atoms with Gasteiger partial charge in [0.25, 0.3) is 0 Å². The van der Waals surface area contributed by atoms with E-state index in [2.05, 4.69) is 54.7 Å². The van der Waals surface area contributed by atoms with Gasteiger partial charge in [0.1, 0.15) is 5.75 Å². The van der Waals surface area contributed by atoms with E-state index in [1.54, 1.807) is 0 Å². The Morgan fingerprint density at radius 3 is 2.95 bits per heavy atom. The molecule has 0 aliphatic carbocycles. The predicted molar refractivity (Wildman–Crippen MR) is 89.3 cm³/mol. The summed E-state index contributed by atoms with van der Waals surface area (Å²) < 4.78 is 5.76. The summed E-state index contributed by atoms with van der Waals surface area (Å²) in [7, 11) is 2.00. The first-order valence-electron chi connectivity index (χ1n) is 7.39. The van der Waals surface area contributed by atoms with Gasteiger partial charge in [-0.2, -0.15) is 0 Å². The van der Waals surface area contributed by atoms with Crippen LogP contribution in [0.3, 0.4) is 0 Å². The molecular formula is C18H21NOS. The maximum absolute atomic E-state index is 5.76. The molecule has 0 fully saturated rings. The van der Waals surface area contributed by atoms with Crippen LogP contribution >= 0.6 is 11.8 Å². The first-order chi connectivity index (χ1) is 10.3. The number of thioether (sulfide) groups is 1. The van der Waals surface area contributed by atoms with E-state index >= 15 is 0 Å². The normalized spacial score (nSPS) is 18.1. The van der Waals surface area contributed by atoms with E-state index in [0.29, 0.717) is 12.0 Å². The third-order valence-corrected chi connectivity index (χ3v) is 5.20. The molecule has 2 atom stereocenters. The molecule has 1 aliphatic rings. The molecule has 3 heteroatoms. The van der Waals surface area contributed by atoms with Crippen LogP contribution < -0.4 is 10.1 Å². The number of para-hydroxylation sites is 1. The van der Waals surface area contributed by atoms with Crippen LogP contribution in [0.2, 0.25) is 0 Å². The molecule has 0 amide bonds. The number of rotatable bonds is 5. The second-order valence-electron chi connectivity index (χ2n) is 5.44. The minimum atomic E-state index is 0.390. The summed E-state index contributed by atoms with van der Waals surface area (Å²) in [6.45, 7) is 2.99. The van der Waals surface area contributed by atoms with Crippen LogP contribution in [0.1, 0.15) is 30.0 Å². The summed E-state index contributed by atoms with van der Waals surface area (Å²) in [5.74, 6) is 2.62. The average Bonchev–Trinajstić information content (AvgIpc) is 2.95. The molecule has 1 heterocycles. The highest BCUT2D eigenvalue weighted by Crippen LogP contribution is 2.37. The Morgan fingerprint density at radius 2 is 2.10 bits per heavy atom. The van der Waals surface area contributed by atoms with Gasteiger partial charge in [-0.3, -0.25) is 0 Å². The van der Waals surface area contributed by atoms with E-state index < -0.39 is 0 Å². The summed E-state index contributed by atoms with van der Waals surface area (Å²) in [4.78, 5) is 1.33. The Bertz CT molecular complexity index is 614. The zero-order chi connectivity index (χ0) is 14.7. The monoisotopic (exact) mass is 299 g/mol. The first kappa shape index (κ1) is 14.5. The molecule has 3 rings (SSSR count). The maximum Gasteiger partial charge on any atom is 0.122 e. The Balaban J connectivity index is 1.66. The highest BCUT2D eigenvalue weighted by atomic mass is 32.2. The predicted octanol–water partition coefficient (Wildman–Crippen LogP) is 4.24. The molecular weight excluding hydrogens is 278 g/mol. The molecule has 2 aromatic carbocycles. The fraction of sp³-hybridized carbons (Fsp3) is 0.333. The second kappa shape index (κ2) is 6.54. The lowest BCUT2D eigenvalue weighted by Gasteiger charge is -2.13. The van der Waals surface area contributed by atoms with Gasteiger partial charge in [0.15, 0.2) is 0 Å². The van der Waals surface area contributed by atoms with Crippen molar-refractivity contribution in [1.82, 2.24) is 5.32 Å². The highest BCUT2D eigenvalue weighted by molar-refractivity contribution is 7.99. The standard InChI is InChI=1S/C18H21NOS/c1-13(19-2)14-6-5-7-16(10-14)21-12-15-11-20-18-9-4-3-8-17(15)18/h3-10,13,15,19H,11-12H2,1-2H3. The van der Waals surface area contributed by atoms with Crippen molar-refractivity contribution in [2.75, 3.05) is 19.4 Å². The van der Waals surface area contributed by atoms with Crippen molar-refractivity contribution in [2.45, 2.75) is 23.8 Å². The molecule has 2 nitrogen and oxygen atoms in total.